The number of rotatable bonds is 6. The molecule has 0 spiro atoms. The molecule has 148 valence electrons. The number of benzene rings is 2. The van der Waals surface area contributed by atoms with Crippen molar-refractivity contribution in [2.24, 2.45) is 5.10 Å². The number of para-hydroxylation sites is 1. The molecule has 0 saturated carbocycles. The molecule has 2 aromatic carbocycles. The molecule has 0 aliphatic carbocycles. The maximum absolute atomic E-state index is 12.8. The van der Waals surface area contributed by atoms with E-state index in [-0.39, 0.29) is 11.9 Å². The van der Waals surface area contributed by atoms with E-state index < -0.39 is 0 Å². The molecule has 1 unspecified atom stereocenters. The number of carbonyl (C=O) groups excluding carboxylic acids is 1. The lowest BCUT2D eigenvalue weighted by atomic mass is 10.0. The fourth-order valence-corrected chi connectivity index (χ4v) is 3.75. The topological polar surface area (TPSA) is 78.3 Å². The van der Waals surface area contributed by atoms with Crippen molar-refractivity contribution in [1.82, 2.24) is 20.1 Å². The SMILES string of the molecule is CCn1c(CNC(=O)C2=NN(c3ccccc3)C(c3ccccc3)C2)n[nH]c1=S. The van der Waals surface area contributed by atoms with Crippen LogP contribution in [0.1, 0.15) is 30.8 Å². The van der Waals surface area contributed by atoms with Gasteiger partial charge in [-0.3, -0.25) is 14.9 Å². The first-order valence-corrected chi connectivity index (χ1v) is 9.97. The van der Waals surface area contributed by atoms with Gasteiger partial charge in [-0.2, -0.15) is 10.2 Å². The van der Waals surface area contributed by atoms with Crippen molar-refractivity contribution in [2.75, 3.05) is 5.01 Å². The molecule has 1 aliphatic heterocycles. The number of hydrogen-bond donors (Lipinski definition) is 2. The van der Waals surface area contributed by atoms with E-state index in [1.807, 2.05) is 65.0 Å². The highest BCUT2D eigenvalue weighted by atomic mass is 32.1. The van der Waals surface area contributed by atoms with Gasteiger partial charge in [-0.1, -0.05) is 48.5 Å². The third-order valence-electron chi connectivity index (χ3n) is 4.94. The summed E-state index contributed by atoms with van der Waals surface area (Å²) in [5, 5.41) is 16.5. The number of nitrogens with zero attached hydrogens (tertiary/aromatic N) is 4. The van der Waals surface area contributed by atoms with Crippen molar-refractivity contribution in [1.29, 1.82) is 0 Å². The van der Waals surface area contributed by atoms with E-state index in [0.29, 0.717) is 35.8 Å². The Morgan fingerprint density at radius 3 is 2.55 bits per heavy atom. The van der Waals surface area contributed by atoms with Gasteiger partial charge in [0.2, 0.25) is 0 Å². The molecule has 0 bridgehead atoms. The Morgan fingerprint density at radius 2 is 1.86 bits per heavy atom. The maximum atomic E-state index is 12.8. The highest BCUT2D eigenvalue weighted by molar-refractivity contribution is 7.71. The number of aromatic nitrogens is 3. The Bertz CT molecular complexity index is 1070. The Hall–Kier alpha value is -3.26. The smallest absolute Gasteiger partial charge is 0.267 e. The van der Waals surface area contributed by atoms with Crippen LogP contribution in [0.5, 0.6) is 0 Å². The van der Waals surface area contributed by atoms with E-state index in [9.17, 15) is 4.79 Å². The minimum Gasteiger partial charge on any atom is -0.344 e. The molecule has 0 saturated heterocycles. The van der Waals surface area contributed by atoms with Crippen LogP contribution >= 0.6 is 12.2 Å². The van der Waals surface area contributed by atoms with Crippen LogP contribution < -0.4 is 10.3 Å². The van der Waals surface area contributed by atoms with Crippen LogP contribution in [0, 0.1) is 4.77 Å². The maximum Gasteiger partial charge on any atom is 0.267 e. The third kappa shape index (κ3) is 3.97. The fourth-order valence-electron chi connectivity index (χ4n) is 3.47. The second kappa shape index (κ2) is 8.40. The van der Waals surface area contributed by atoms with Crippen LogP contribution in [-0.4, -0.2) is 26.4 Å². The number of nitrogens with one attached hydrogen (secondary N) is 2. The van der Waals surface area contributed by atoms with Gasteiger partial charge in [0.05, 0.1) is 18.3 Å². The molecular weight excluding hydrogens is 384 g/mol. The van der Waals surface area contributed by atoms with Gasteiger partial charge >= 0.3 is 0 Å². The molecule has 2 heterocycles. The number of anilines is 1. The number of amides is 1. The van der Waals surface area contributed by atoms with E-state index in [0.717, 1.165) is 11.3 Å². The minimum absolute atomic E-state index is 0.0236. The lowest BCUT2D eigenvalue weighted by molar-refractivity contribution is -0.115. The van der Waals surface area contributed by atoms with E-state index in [2.05, 4.69) is 32.7 Å². The van der Waals surface area contributed by atoms with Crippen LogP contribution in [0.2, 0.25) is 0 Å². The first-order valence-electron chi connectivity index (χ1n) is 9.56. The second-order valence-electron chi connectivity index (χ2n) is 6.73. The summed E-state index contributed by atoms with van der Waals surface area (Å²) in [5.74, 6) is 0.505. The molecule has 1 atom stereocenters. The van der Waals surface area contributed by atoms with Crippen LogP contribution in [0.25, 0.3) is 0 Å². The number of aromatic amines is 1. The van der Waals surface area contributed by atoms with Gasteiger partial charge in [0.15, 0.2) is 10.6 Å². The molecule has 1 amide bonds. The van der Waals surface area contributed by atoms with E-state index in [1.54, 1.807) is 0 Å². The monoisotopic (exact) mass is 406 g/mol. The molecule has 0 fully saturated rings. The Morgan fingerprint density at radius 1 is 1.17 bits per heavy atom. The fraction of sp³-hybridized carbons (Fsp3) is 0.238. The lowest BCUT2D eigenvalue weighted by Gasteiger charge is -2.23. The molecule has 1 aromatic heterocycles. The Labute approximate surface area is 174 Å². The number of H-pyrrole nitrogens is 1. The van der Waals surface area contributed by atoms with Crippen molar-refractivity contribution < 1.29 is 4.79 Å². The normalized spacial score (nSPS) is 16.0. The predicted molar refractivity (Wildman–Crippen MR) is 115 cm³/mol. The summed E-state index contributed by atoms with van der Waals surface area (Å²) in [6.07, 6.45) is 0.533. The largest absolute Gasteiger partial charge is 0.344 e. The van der Waals surface area contributed by atoms with E-state index in [4.69, 9.17) is 12.2 Å². The number of hydrazone groups is 1. The second-order valence-corrected chi connectivity index (χ2v) is 7.12. The zero-order valence-corrected chi connectivity index (χ0v) is 16.9. The molecule has 29 heavy (non-hydrogen) atoms. The highest BCUT2D eigenvalue weighted by Gasteiger charge is 2.32. The van der Waals surface area contributed by atoms with Gasteiger partial charge in [-0.25, -0.2) is 0 Å². The molecule has 4 rings (SSSR count). The average Bonchev–Trinajstić information content (AvgIpc) is 3.37. The average molecular weight is 407 g/mol. The van der Waals surface area contributed by atoms with Gasteiger partial charge in [0, 0.05) is 13.0 Å². The summed E-state index contributed by atoms with van der Waals surface area (Å²) < 4.78 is 2.41. The van der Waals surface area contributed by atoms with Crippen LogP contribution in [-0.2, 0) is 17.9 Å². The molecule has 8 heteroatoms. The van der Waals surface area contributed by atoms with Crippen LogP contribution in [0.15, 0.2) is 65.8 Å². The van der Waals surface area contributed by atoms with Crippen LogP contribution in [0.3, 0.4) is 0 Å². The highest BCUT2D eigenvalue weighted by Crippen LogP contribution is 2.34. The Balaban J connectivity index is 1.55. The van der Waals surface area contributed by atoms with E-state index in [1.165, 1.54) is 0 Å². The first kappa shape index (κ1) is 19.1. The number of carbonyl (C=O) groups is 1. The van der Waals surface area contributed by atoms with Crippen molar-refractivity contribution in [3.8, 4) is 0 Å². The van der Waals surface area contributed by atoms with Gasteiger partial charge in [-0.15, -0.1) is 0 Å². The molecule has 7 nitrogen and oxygen atoms in total. The van der Waals surface area contributed by atoms with Gasteiger partial charge in [0.25, 0.3) is 5.91 Å². The summed E-state index contributed by atoms with van der Waals surface area (Å²) in [6, 6.07) is 20.0. The summed E-state index contributed by atoms with van der Waals surface area (Å²) in [5.41, 5.74) is 2.57. The summed E-state index contributed by atoms with van der Waals surface area (Å²) >= 11 is 5.20. The van der Waals surface area contributed by atoms with Crippen LogP contribution in [0.4, 0.5) is 5.69 Å². The lowest BCUT2D eigenvalue weighted by Crippen LogP contribution is -2.31. The predicted octanol–water partition coefficient (Wildman–Crippen LogP) is 3.58. The third-order valence-corrected chi connectivity index (χ3v) is 5.25. The van der Waals surface area contributed by atoms with Crippen molar-refractivity contribution in [3.05, 3.63) is 76.8 Å². The molecule has 0 radical (unpaired) electrons. The minimum atomic E-state index is -0.194. The molecule has 2 N–H and O–H groups in total. The molecule has 3 aromatic rings. The summed E-state index contributed by atoms with van der Waals surface area (Å²) in [7, 11) is 0. The van der Waals surface area contributed by atoms with Crippen molar-refractivity contribution >= 4 is 29.5 Å². The summed E-state index contributed by atoms with van der Waals surface area (Å²) in [6.45, 7) is 2.97. The van der Waals surface area contributed by atoms with Gasteiger partial charge < -0.3 is 9.88 Å². The first-order chi connectivity index (χ1) is 14.2. The van der Waals surface area contributed by atoms with E-state index >= 15 is 0 Å². The zero-order valence-electron chi connectivity index (χ0n) is 16.1. The molecule has 1 aliphatic rings. The van der Waals surface area contributed by atoms with Gasteiger partial charge in [-0.05, 0) is 36.8 Å². The standard InChI is InChI=1S/C21H22N6OS/c1-2-26-19(23-24-21(26)29)14-22-20(28)17-13-18(15-9-5-3-6-10-15)27(25-17)16-11-7-4-8-12-16/h3-12,18H,2,13-14H2,1H3,(H,22,28)(H,24,29). The summed E-state index contributed by atoms with van der Waals surface area (Å²) in [4.78, 5) is 12.8. The van der Waals surface area contributed by atoms with Gasteiger partial charge in [0.1, 0.15) is 5.71 Å². The quantitative estimate of drug-likeness (QED) is 0.614. The number of hydrogen-bond acceptors (Lipinski definition) is 5. The zero-order chi connectivity index (χ0) is 20.2. The van der Waals surface area contributed by atoms with Crippen molar-refractivity contribution in [3.63, 3.8) is 0 Å². The Kier molecular flexibility index (Phi) is 5.53. The molecular formula is C21H22N6OS. The van der Waals surface area contributed by atoms with Crippen molar-refractivity contribution in [2.45, 2.75) is 32.5 Å².